The number of hydrogen-bond acceptors (Lipinski definition) is 3. The molecule has 0 aromatic carbocycles. The van der Waals surface area contributed by atoms with Crippen LogP contribution in [0.3, 0.4) is 0 Å². The molecule has 0 rings (SSSR count). The Kier molecular flexibility index (Phi) is 4.01. The predicted octanol–water partition coefficient (Wildman–Crippen LogP) is -0.154. The van der Waals surface area contributed by atoms with Gasteiger partial charge in [-0.3, -0.25) is 0 Å². The molecule has 0 fully saturated rings. The average molecular weight is 87.1 g/mol. The summed E-state index contributed by atoms with van der Waals surface area (Å²) < 4.78 is 0. The zero-order valence-corrected chi connectivity index (χ0v) is 3.81. The molecule has 0 radical (unpaired) electrons. The van der Waals surface area contributed by atoms with Crippen molar-refractivity contribution in [3.05, 3.63) is 0 Å². The third kappa shape index (κ3) is 3.43. The van der Waals surface area contributed by atoms with Gasteiger partial charge in [0.15, 0.2) is 0 Å². The lowest BCUT2D eigenvalue weighted by atomic mass is 10.6. The number of nitrogens with one attached hydrogen (secondary N) is 1. The first kappa shape index (κ1) is 5.43. The maximum Gasteiger partial charge on any atom is 0.0255 e. The Morgan fingerprint density at radius 1 is 2.00 bits per heavy atom. The lowest BCUT2D eigenvalue weighted by molar-refractivity contribution is 0.807. The summed E-state index contributed by atoms with van der Waals surface area (Å²) in [4.78, 5) is 0. The molecule has 0 aliphatic heterocycles. The highest BCUT2D eigenvalue weighted by atomic mass is 15.5. The fourth-order valence-corrected chi connectivity index (χ4v) is 0.144. The van der Waals surface area contributed by atoms with E-state index in [0.717, 1.165) is 6.42 Å². The van der Waals surface area contributed by atoms with Gasteiger partial charge in [0, 0.05) is 6.21 Å². The van der Waals surface area contributed by atoms with Crippen LogP contribution in [-0.4, -0.2) is 6.21 Å². The van der Waals surface area contributed by atoms with Crippen LogP contribution in [0.2, 0.25) is 0 Å². The molecule has 0 aliphatic rings. The molecule has 6 heavy (non-hydrogen) atoms. The number of rotatable bonds is 2. The van der Waals surface area contributed by atoms with Crippen molar-refractivity contribution in [2.24, 2.45) is 10.9 Å². The number of hydrazone groups is 1. The second-order valence-corrected chi connectivity index (χ2v) is 0.849. The van der Waals surface area contributed by atoms with Crippen LogP contribution in [0.4, 0.5) is 0 Å². The molecule has 0 unspecified atom stereocenters. The topological polar surface area (TPSA) is 50.4 Å². The molecule has 36 valence electrons. The minimum Gasteiger partial charge on any atom is -0.246 e. The van der Waals surface area contributed by atoms with Crippen molar-refractivity contribution >= 4 is 6.21 Å². The first-order valence-corrected chi connectivity index (χ1v) is 1.89. The van der Waals surface area contributed by atoms with E-state index >= 15 is 0 Å². The molecule has 0 atom stereocenters. The van der Waals surface area contributed by atoms with E-state index in [1.54, 1.807) is 6.21 Å². The Labute approximate surface area is 37.2 Å². The van der Waals surface area contributed by atoms with Gasteiger partial charge in [0.25, 0.3) is 0 Å². The molecule has 0 aromatic heterocycles. The molecule has 0 amide bonds. The van der Waals surface area contributed by atoms with Crippen molar-refractivity contribution in [3.8, 4) is 0 Å². The van der Waals surface area contributed by atoms with Gasteiger partial charge >= 0.3 is 0 Å². The molecule has 3 N–H and O–H groups in total. The van der Waals surface area contributed by atoms with Crippen LogP contribution in [0.5, 0.6) is 0 Å². The van der Waals surface area contributed by atoms with Gasteiger partial charge in [-0.25, -0.2) is 11.4 Å². The SMILES string of the molecule is CC/C=N/NN. The summed E-state index contributed by atoms with van der Waals surface area (Å²) in [6, 6.07) is 0. The van der Waals surface area contributed by atoms with E-state index < -0.39 is 0 Å². The van der Waals surface area contributed by atoms with Crippen LogP contribution in [-0.2, 0) is 0 Å². The molecule has 0 aliphatic carbocycles. The summed E-state index contributed by atoms with van der Waals surface area (Å²) in [6.07, 6.45) is 2.62. The fourth-order valence-electron chi connectivity index (χ4n) is 0.144. The first-order valence-electron chi connectivity index (χ1n) is 1.89. The van der Waals surface area contributed by atoms with Crippen molar-refractivity contribution in [1.29, 1.82) is 0 Å². The third-order valence-corrected chi connectivity index (χ3v) is 0.348. The summed E-state index contributed by atoms with van der Waals surface area (Å²) in [5.74, 6) is 4.77. The molecule has 0 saturated carbocycles. The Morgan fingerprint density at radius 2 is 2.67 bits per heavy atom. The quantitative estimate of drug-likeness (QED) is 0.279. The van der Waals surface area contributed by atoms with E-state index in [4.69, 9.17) is 5.84 Å². The van der Waals surface area contributed by atoms with Gasteiger partial charge in [-0.05, 0) is 6.42 Å². The van der Waals surface area contributed by atoms with Crippen molar-refractivity contribution in [2.45, 2.75) is 13.3 Å². The second-order valence-electron chi connectivity index (χ2n) is 0.849. The molecular formula is C3H9N3. The Morgan fingerprint density at radius 3 is 2.83 bits per heavy atom. The van der Waals surface area contributed by atoms with Gasteiger partial charge in [0.2, 0.25) is 0 Å². The van der Waals surface area contributed by atoms with Crippen LogP contribution in [0.25, 0.3) is 0 Å². The molecule has 0 heterocycles. The van der Waals surface area contributed by atoms with Gasteiger partial charge in [-0.15, -0.1) is 0 Å². The molecule has 0 saturated heterocycles. The second kappa shape index (κ2) is 4.43. The van der Waals surface area contributed by atoms with Gasteiger partial charge in [0.1, 0.15) is 0 Å². The molecule has 0 spiro atoms. The minimum absolute atomic E-state index is 0.921. The highest BCUT2D eigenvalue weighted by Gasteiger charge is 1.57. The highest BCUT2D eigenvalue weighted by Crippen LogP contribution is 1.60. The Balaban J connectivity index is 2.73. The maximum absolute atomic E-state index is 4.77. The fraction of sp³-hybridized carbons (Fsp3) is 0.667. The normalized spacial score (nSPS) is 9.67. The average Bonchev–Trinajstić information content (AvgIpc) is 1.61. The molecule has 0 bridgehead atoms. The third-order valence-electron chi connectivity index (χ3n) is 0.348. The summed E-state index contributed by atoms with van der Waals surface area (Å²) >= 11 is 0. The van der Waals surface area contributed by atoms with Gasteiger partial charge in [-0.1, -0.05) is 6.92 Å². The van der Waals surface area contributed by atoms with E-state index in [-0.39, 0.29) is 0 Å². The molecule has 0 aromatic rings. The van der Waals surface area contributed by atoms with E-state index in [1.165, 1.54) is 0 Å². The number of nitrogens with two attached hydrogens (primary N) is 1. The lowest BCUT2D eigenvalue weighted by Gasteiger charge is -1.79. The van der Waals surface area contributed by atoms with Crippen molar-refractivity contribution in [3.63, 3.8) is 0 Å². The van der Waals surface area contributed by atoms with Crippen molar-refractivity contribution in [2.75, 3.05) is 0 Å². The molecule has 3 heteroatoms. The molecule has 3 nitrogen and oxygen atoms in total. The van der Waals surface area contributed by atoms with Crippen LogP contribution >= 0.6 is 0 Å². The van der Waals surface area contributed by atoms with Crippen LogP contribution in [0.15, 0.2) is 5.10 Å². The van der Waals surface area contributed by atoms with E-state index in [1.807, 2.05) is 6.92 Å². The predicted molar refractivity (Wildman–Crippen MR) is 26.1 cm³/mol. The Hall–Kier alpha value is -0.570. The smallest absolute Gasteiger partial charge is 0.0255 e. The van der Waals surface area contributed by atoms with E-state index in [9.17, 15) is 0 Å². The minimum atomic E-state index is 0.921. The van der Waals surface area contributed by atoms with Gasteiger partial charge in [-0.2, -0.15) is 5.10 Å². The number of hydrogen-bond donors (Lipinski definition) is 2. The largest absolute Gasteiger partial charge is 0.246 e. The zero-order valence-electron chi connectivity index (χ0n) is 3.81. The summed E-state index contributed by atoms with van der Waals surface area (Å²) in [5, 5.41) is 3.49. The summed E-state index contributed by atoms with van der Waals surface area (Å²) in [6.45, 7) is 1.99. The van der Waals surface area contributed by atoms with E-state index in [0.29, 0.717) is 0 Å². The van der Waals surface area contributed by atoms with Crippen LogP contribution in [0.1, 0.15) is 13.3 Å². The number of hydrazine groups is 1. The molecular weight excluding hydrogens is 78.1 g/mol. The van der Waals surface area contributed by atoms with Gasteiger partial charge in [0.05, 0.1) is 0 Å². The summed E-state index contributed by atoms with van der Waals surface area (Å²) in [7, 11) is 0. The van der Waals surface area contributed by atoms with Crippen LogP contribution in [0, 0.1) is 0 Å². The van der Waals surface area contributed by atoms with Crippen molar-refractivity contribution < 1.29 is 0 Å². The lowest BCUT2D eigenvalue weighted by Crippen LogP contribution is -2.13. The Bertz CT molecular complexity index is 35.3. The van der Waals surface area contributed by atoms with Gasteiger partial charge < -0.3 is 0 Å². The highest BCUT2D eigenvalue weighted by molar-refractivity contribution is 5.55. The van der Waals surface area contributed by atoms with Crippen LogP contribution < -0.4 is 11.4 Å². The number of nitrogens with zero attached hydrogens (tertiary/aromatic N) is 1. The monoisotopic (exact) mass is 87.1 g/mol. The zero-order chi connectivity index (χ0) is 4.83. The van der Waals surface area contributed by atoms with Crippen molar-refractivity contribution in [1.82, 2.24) is 5.53 Å². The van der Waals surface area contributed by atoms with E-state index in [2.05, 4.69) is 10.6 Å². The maximum atomic E-state index is 4.77. The first-order chi connectivity index (χ1) is 2.91. The standard InChI is InChI=1S/C3H9N3/c1-2-3-5-6-4/h3,6H,2,4H2,1H3/b5-3+. The summed E-state index contributed by atoms with van der Waals surface area (Å²) in [5.41, 5.74) is 2.14.